The van der Waals surface area contributed by atoms with Crippen LogP contribution in [0.4, 0.5) is 0 Å². The van der Waals surface area contributed by atoms with Crippen molar-refractivity contribution in [3.8, 4) is 0 Å². The van der Waals surface area contributed by atoms with Gasteiger partial charge in [-0.05, 0) is 25.8 Å². The van der Waals surface area contributed by atoms with Crippen molar-refractivity contribution in [2.75, 3.05) is 0 Å². The second kappa shape index (κ2) is 4.59. The lowest BCUT2D eigenvalue weighted by molar-refractivity contribution is 0.444. The first-order valence-corrected chi connectivity index (χ1v) is 5.59. The summed E-state index contributed by atoms with van der Waals surface area (Å²) in [5, 5.41) is 0. The lowest BCUT2D eigenvalue weighted by Gasteiger charge is -2.05. The molecule has 0 saturated carbocycles. The zero-order valence-corrected chi connectivity index (χ0v) is 10.0. The molecule has 1 rings (SSSR count). The highest BCUT2D eigenvalue weighted by molar-refractivity contribution is 5.36. The average Bonchev–Trinajstić information content (AvgIpc) is 2.19. The van der Waals surface area contributed by atoms with Gasteiger partial charge in [-0.15, -0.1) is 0 Å². The molecular weight excluding hydrogens is 184 g/mol. The molecule has 0 aromatic carbocycles. The average molecular weight is 205 g/mol. The van der Waals surface area contributed by atoms with E-state index in [2.05, 4.69) is 34.6 Å². The second-order valence-electron chi connectivity index (χ2n) is 3.74. The molecule has 0 aliphatic heterocycles. The largest absolute Gasteiger partial charge is 0.332 e. The van der Waals surface area contributed by atoms with E-state index in [0.717, 1.165) is 30.8 Å². The molecule has 78 valence electrons. The topological polar surface area (TPSA) is 11.3 Å². The molecule has 14 heavy (non-hydrogen) atoms. The van der Waals surface area contributed by atoms with E-state index in [0.29, 0.717) is 0 Å². The summed E-state index contributed by atoms with van der Waals surface area (Å²) in [6, 6.07) is 0. The molecular formula is C13H21O+. The maximum atomic E-state index is 5.88. The maximum Gasteiger partial charge on any atom is 0.332 e. The molecule has 0 radical (unpaired) electrons. The predicted octanol–water partition coefficient (Wildman–Crippen LogP) is 3.86. The molecule has 1 aromatic heterocycles. The Bertz CT molecular complexity index is 298. The van der Waals surface area contributed by atoms with Crippen molar-refractivity contribution in [1.29, 1.82) is 0 Å². The summed E-state index contributed by atoms with van der Waals surface area (Å²) >= 11 is 0. The number of aryl methyl sites for hydroxylation is 2. The Morgan fingerprint density at radius 3 is 1.50 bits per heavy atom. The minimum Gasteiger partial charge on any atom is -0.217 e. The summed E-state index contributed by atoms with van der Waals surface area (Å²) < 4.78 is 5.88. The van der Waals surface area contributed by atoms with E-state index in [-0.39, 0.29) is 0 Å². The van der Waals surface area contributed by atoms with E-state index in [1.165, 1.54) is 16.7 Å². The standard InChI is InChI=1S/C13H21O/c1-6-11-9(4)12(7-2)14-13(8-3)10(11)5/h6-8H2,1-5H3/q+1/i1+1,2+1,3+1,4+1,5+1,6+1,7+1,8+1,9+1,10+1,12+1,13+1. The molecule has 0 spiro atoms. The van der Waals surface area contributed by atoms with Gasteiger partial charge in [0.15, 0.2) is 0 Å². The number of hydrogen-bond donors (Lipinski definition) is 0. The van der Waals surface area contributed by atoms with Gasteiger partial charge in [0.2, 0.25) is 0 Å². The first-order chi connectivity index (χ1) is 6.65. The highest BCUT2D eigenvalue weighted by Crippen LogP contribution is 2.23. The van der Waals surface area contributed by atoms with E-state index >= 15 is 0 Å². The summed E-state index contributed by atoms with van der Waals surface area (Å²) in [4.78, 5) is 0. The zero-order chi connectivity index (χ0) is 10.7. The first kappa shape index (κ1) is 11.2. The Morgan fingerprint density at radius 2 is 1.21 bits per heavy atom. The van der Waals surface area contributed by atoms with Gasteiger partial charge in [-0.1, -0.05) is 20.8 Å². The Labute approximate surface area is 87.2 Å². The molecule has 0 aliphatic carbocycles. The quantitative estimate of drug-likeness (QED) is 0.538. The number of rotatable bonds is 3. The van der Waals surface area contributed by atoms with Crippen LogP contribution in [-0.2, 0) is 19.3 Å². The van der Waals surface area contributed by atoms with Gasteiger partial charge in [-0.2, -0.15) is 0 Å². The predicted molar refractivity (Wildman–Crippen MR) is 60.7 cm³/mol. The molecule has 0 aliphatic rings. The van der Waals surface area contributed by atoms with Gasteiger partial charge in [0, 0.05) is 0 Å². The molecule has 0 amide bonds. The summed E-state index contributed by atoms with van der Waals surface area (Å²) in [5.74, 6) is 2.31. The highest BCUT2D eigenvalue weighted by Gasteiger charge is 2.21. The van der Waals surface area contributed by atoms with E-state index in [1.54, 1.807) is 0 Å². The van der Waals surface area contributed by atoms with Crippen molar-refractivity contribution < 1.29 is 4.42 Å². The second-order valence-corrected chi connectivity index (χ2v) is 3.74. The lowest BCUT2D eigenvalue weighted by Crippen LogP contribution is -2.01. The van der Waals surface area contributed by atoms with Crippen LogP contribution in [0.5, 0.6) is 0 Å². The third kappa shape index (κ3) is 1.82. The van der Waals surface area contributed by atoms with Crippen molar-refractivity contribution in [3.63, 3.8) is 0 Å². The van der Waals surface area contributed by atoms with Gasteiger partial charge in [-0.3, -0.25) is 0 Å². The van der Waals surface area contributed by atoms with Crippen LogP contribution < -0.4 is 0 Å². The normalized spacial score (nSPS) is 10.6. The Morgan fingerprint density at radius 1 is 0.786 bits per heavy atom. The van der Waals surface area contributed by atoms with Gasteiger partial charge < -0.3 is 0 Å². The third-order valence-electron chi connectivity index (χ3n) is 2.98. The zero-order valence-electron chi connectivity index (χ0n) is 10.0. The van der Waals surface area contributed by atoms with E-state index in [1.807, 2.05) is 0 Å². The summed E-state index contributed by atoms with van der Waals surface area (Å²) in [7, 11) is 0. The summed E-state index contributed by atoms with van der Waals surface area (Å²) in [6.07, 6.45) is 3.09. The van der Waals surface area contributed by atoms with Crippen LogP contribution in [0.3, 0.4) is 0 Å². The van der Waals surface area contributed by atoms with Crippen molar-refractivity contribution in [2.45, 2.75) is 53.9 Å². The fourth-order valence-corrected chi connectivity index (χ4v) is 2.12. The molecule has 1 aromatic rings. The van der Waals surface area contributed by atoms with Gasteiger partial charge in [0.1, 0.15) is 0 Å². The highest BCUT2D eigenvalue weighted by atomic mass is 16.5. The molecule has 0 bridgehead atoms. The minimum atomic E-state index is 0.992. The third-order valence-corrected chi connectivity index (χ3v) is 2.98. The van der Waals surface area contributed by atoms with Crippen LogP contribution in [0.15, 0.2) is 4.42 Å². The Kier molecular flexibility index (Phi) is 3.68. The molecule has 1 heterocycles. The first-order valence-electron chi connectivity index (χ1n) is 5.59. The smallest absolute Gasteiger partial charge is 0.217 e. The van der Waals surface area contributed by atoms with Crippen LogP contribution in [0, 0.1) is 13.8 Å². The Hall–Kier alpha value is -0.850. The molecule has 0 N–H and O–H groups in total. The van der Waals surface area contributed by atoms with Crippen LogP contribution in [0.1, 0.15) is 49.0 Å². The van der Waals surface area contributed by atoms with E-state index in [4.69, 9.17) is 4.42 Å². The SMILES string of the molecule is [13CH3][13CH2]c1[13c]([13CH3])[13c]([13CH2][13CH3])[o+][13c]([13CH2][13CH3])[13c]1[13CH3]. The van der Waals surface area contributed by atoms with Crippen LogP contribution in [0.25, 0.3) is 0 Å². The fraction of sp³-hybridized carbons (Fsp3) is 0.615. The monoisotopic (exact) mass is 205 g/mol. The van der Waals surface area contributed by atoms with Crippen LogP contribution in [-0.4, -0.2) is 0 Å². The fourth-order valence-electron chi connectivity index (χ4n) is 2.12. The van der Waals surface area contributed by atoms with Crippen LogP contribution >= 0.6 is 0 Å². The molecule has 1 nitrogen and oxygen atoms in total. The van der Waals surface area contributed by atoms with Gasteiger partial charge in [-0.25, -0.2) is 4.42 Å². The van der Waals surface area contributed by atoms with Crippen molar-refractivity contribution >= 4 is 0 Å². The van der Waals surface area contributed by atoms with Gasteiger partial charge in [0.25, 0.3) is 0 Å². The molecule has 0 fully saturated rings. The van der Waals surface area contributed by atoms with Gasteiger partial charge >= 0.3 is 11.5 Å². The number of hydrogen-bond acceptors (Lipinski definition) is 0. The molecule has 1 heteroatoms. The molecule has 0 unspecified atom stereocenters. The minimum absolute atomic E-state index is 0.992. The van der Waals surface area contributed by atoms with Gasteiger partial charge in [0.05, 0.1) is 24.0 Å². The van der Waals surface area contributed by atoms with Crippen molar-refractivity contribution in [1.82, 2.24) is 0 Å². The van der Waals surface area contributed by atoms with Crippen LogP contribution in [0.2, 0.25) is 0 Å². The van der Waals surface area contributed by atoms with Crippen molar-refractivity contribution in [3.05, 3.63) is 28.2 Å². The molecule has 0 saturated heterocycles. The van der Waals surface area contributed by atoms with E-state index < -0.39 is 0 Å². The summed E-state index contributed by atoms with van der Waals surface area (Å²) in [5.41, 5.74) is 4.18. The van der Waals surface area contributed by atoms with Crippen molar-refractivity contribution in [2.24, 2.45) is 0 Å². The lowest BCUT2D eigenvalue weighted by atomic mass is 10.6. The molecule has 0 atom stereocenters. The van der Waals surface area contributed by atoms with E-state index in [9.17, 15) is 0 Å². The maximum absolute atomic E-state index is 5.88. The summed E-state index contributed by atoms with van der Waals surface area (Å²) in [6.45, 7) is 10.9. The Balaban J connectivity index is 3.39.